The largest absolute Gasteiger partial charge is 0.508 e. The molecular weight excluding hydrogens is 482 g/mol. The standard InChI is InChI=1S/C27H26F2N4O4/c1-3-17-20(28)6-5-15-11-16(34)12-18(21(15)17)23-22(29)24-19(13-30-23)25(32-26(31-24)35-2)33-8-4-7-27(14-33)36-9-10-37-27/h5-6,11-13,34H,3-4,7-10,14H2,1-2H3. The zero-order valence-corrected chi connectivity index (χ0v) is 20.6. The van der Waals surface area contributed by atoms with Crippen molar-refractivity contribution in [3.8, 4) is 23.0 Å². The summed E-state index contributed by atoms with van der Waals surface area (Å²) in [7, 11) is 1.42. The molecule has 8 nitrogen and oxygen atoms in total. The lowest BCUT2D eigenvalue weighted by atomic mass is 9.94. The molecule has 192 valence electrons. The van der Waals surface area contributed by atoms with E-state index in [2.05, 4.69) is 15.0 Å². The number of anilines is 1. The second-order valence-corrected chi connectivity index (χ2v) is 9.32. The van der Waals surface area contributed by atoms with Gasteiger partial charge in [-0.3, -0.25) is 4.98 Å². The van der Waals surface area contributed by atoms with Gasteiger partial charge in [0.2, 0.25) is 0 Å². The van der Waals surface area contributed by atoms with Gasteiger partial charge in [0.1, 0.15) is 28.6 Å². The first-order valence-corrected chi connectivity index (χ1v) is 12.3. The molecule has 2 fully saturated rings. The van der Waals surface area contributed by atoms with Crippen LogP contribution >= 0.6 is 0 Å². The molecule has 6 rings (SSSR count). The third kappa shape index (κ3) is 3.91. The van der Waals surface area contributed by atoms with E-state index in [1.807, 2.05) is 11.8 Å². The summed E-state index contributed by atoms with van der Waals surface area (Å²) < 4.78 is 48.1. The number of pyridine rings is 1. The number of hydrogen-bond acceptors (Lipinski definition) is 8. The van der Waals surface area contributed by atoms with Crippen molar-refractivity contribution in [1.29, 1.82) is 0 Å². The number of phenolic OH excluding ortho intramolecular Hbond substituents is 1. The molecule has 0 bridgehead atoms. The summed E-state index contributed by atoms with van der Waals surface area (Å²) in [6, 6.07) is 5.85. The Hall–Kier alpha value is -3.63. The van der Waals surface area contributed by atoms with Crippen molar-refractivity contribution in [2.75, 3.05) is 38.3 Å². The molecule has 2 saturated heterocycles. The molecule has 10 heteroatoms. The molecule has 0 unspecified atom stereocenters. The van der Waals surface area contributed by atoms with E-state index in [1.54, 1.807) is 6.07 Å². The summed E-state index contributed by atoms with van der Waals surface area (Å²) in [6.45, 7) is 3.98. The number of piperidine rings is 1. The third-order valence-electron chi connectivity index (χ3n) is 7.12. The lowest BCUT2D eigenvalue weighted by Crippen LogP contribution is -2.49. The van der Waals surface area contributed by atoms with Gasteiger partial charge >= 0.3 is 6.01 Å². The fraction of sp³-hybridized carbons (Fsp3) is 0.370. The van der Waals surface area contributed by atoms with Crippen LogP contribution in [0.4, 0.5) is 14.6 Å². The molecule has 1 spiro atoms. The van der Waals surface area contributed by atoms with Crippen LogP contribution in [-0.2, 0) is 15.9 Å². The Balaban J connectivity index is 1.55. The number of aromatic nitrogens is 3. The van der Waals surface area contributed by atoms with Crippen LogP contribution in [0.5, 0.6) is 11.8 Å². The molecule has 4 aromatic rings. The Bertz CT molecular complexity index is 1520. The molecule has 0 saturated carbocycles. The van der Waals surface area contributed by atoms with Crippen LogP contribution in [0.25, 0.3) is 32.9 Å². The minimum Gasteiger partial charge on any atom is -0.508 e. The number of fused-ring (bicyclic) bond motifs is 2. The summed E-state index contributed by atoms with van der Waals surface area (Å²) >= 11 is 0. The van der Waals surface area contributed by atoms with E-state index in [4.69, 9.17) is 14.2 Å². The molecule has 2 aromatic carbocycles. The van der Waals surface area contributed by atoms with Crippen LogP contribution in [0.1, 0.15) is 25.3 Å². The molecule has 37 heavy (non-hydrogen) atoms. The minimum absolute atomic E-state index is 0.00694. The number of nitrogens with zero attached hydrogens (tertiary/aromatic N) is 4. The summed E-state index contributed by atoms with van der Waals surface area (Å²) in [5.41, 5.74) is 0.683. The third-order valence-corrected chi connectivity index (χ3v) is 7.12. The Kier molecular flexibility index (Phi) is 5.80. The number of benzene rings is 2. The fourth-order valence-electron chi connectivity index (χ4n) is 5.48. The Morgan fingerprint density at radius 1 is 1.16 bits per heavy atom. The normalized spacial score (nSPS) is 17.2. The van der Waals surface area contributed by atoms with E-state index in [9.17, 15) is 9.50 Å². The summed E-state index contributed by atoms with van der Waals surface area (Å²) in [5.74, 6) is -1.43. The van der Waals surface area contributed by atoms with Gasteiger partial charge in [-0.05, 0) is 47.4 Å². The molecule has 0 amide bonds. The van der Waals surface area contributed by atoms with Crippen molar-refractivity contribution in [3.63, 3.8) is 0 Å². The monoisotopic (exact) mass is 508 g/mol. The highest BCUT2D eigenvalue weighted by molar-refractivity contribution is 6.01. The maximum Gasteiger partial charge on any atom is 0.318 e. The molecular formula is C27H26F2N4O4. The molecule has 0 radical (unpaired) electrons. The van der Waals surface area contributed by atoms with E-state index >= 15 is 4.39 Å². The van der Waals surface area contributed by atoms with Crippen LogP contribution < -0.4 is 9.64 Å². The predicted molar refractivity (Wildman–Crippen MR) is 134 cm³/mol. The molecule has 2 aliphatic rings. The number of hydrogen-bond donors (Lipinski definition) is 1. The Labute approximate surface area is 211 Å². The van der Waals surface area contributed by atoms with Crippen LogP contribution in [0.2, 0.25) is 0 Å². The van der Waals surface area contributed by atoms with Crippen LogP contribution in [0, 0.1) is 11.6 Å². The van der Waals surface area contributed by atoms with E-state index in [0.29, 0.717) is 60.3 Å². The molecule has 0 aliphatic carbocycles. The predicted octanol–water partition coefficient (Wildman–Crippen LogP) is 4.74. The van der Waals surface area contributed by atoms with Crippen molar-refractivity contribution in [2.24, 2.45) is 0 Å². The van der Waals surface area contributed by atoms with E-state index in [0.717, 1.165) is 12.8 Å². The minimum atomic E-state index is -0.713. The Morgan fingerprint density at radius 2 is 1.97 bits per heavy atom. The van der Waals surface area contributed by atoms with Gasteiger partial charge in [0.15, 0.2) is 11.6 Å². The number of halogens is 2. The first-order valence-electron chi connectivity index (χ1n) is 12.3. The van der Waals surface area contributed by atoms with Gasteiger partial charge in [0.25, 0.3) is 0 Å². The average Bonchev–Trinajstić information content (AvgIpc) is 3.35. The SMILES string of the molecule is CCc1c(F)ccc2cc(O)cc(-c3ncc4c(N5CCCC6(C5)OCCO6)nc(OC)nc4c3F)c12. The number of aromatic hydroxyl groups is 1. The molecule has 1 N–H and O–H groups in total. The zero-order chi connectivity index (χ0) is 25.7. The van der Waals surface area contributed by atoms with Gasteiger partial charge in [-0.1, -0.05) is 13.0 Å². The van der Waals surface area contributed by atoms with E-state index in [1.165, 1.54) is 31.5 Å². The van der Waals surface area contributed by atoms with Crippen LogP contribution in [-0.4, -0.2) is 59.3 Å². The lowest BCUT2D eigenvalue weighted by molar-refractivity contribution is -0.161. The van der Waals surface area contributed by atoms with Gasteiger partial charge < -0.3 is 24.2 Å². The summed E-state index contributed by atoms with van der Waals surface area (Å²) in [5, 5.41) is 11.9. The molecule has 0 atom stereocenters. The number of aryl methyl sites for hydroxylation is 1. The zero-order valence-electron chi connectivity index (χ0n) is 20.6. The molecule has 4 heterocycles. The highest BCUT2D eigenvalue weighted by atomic mass is 19.1. The van der Waals surface area contributed by atoms with Crippen molar-refractivity contribution in [2.45, 2.75) is 32.0 Å². The average molecular weight is 509 g/mol. The van der Waals surface area contributed by atoms with Gasteiger partial charge in [0, 0.05) is 24.7 Å². The first kappa shape index (κ1) is 23.7. The number of rotatable bonds is 4. The van der Waals surface area contributed by atoms with Gasteiger partial charge in [-0.15, -0.1) is 0 Å². The molecule has 2 aliphatic heterocycles. The number of ether oxygens (including phenoxy) is 3. The van der Waals surface area contributed by atoms with Crippen molar-refractivity contribution < 1.29 is 28.1 Å². The van der Waals surface area contributed by atoms with Crippen molar-refractivity contribution >= 4 is 27.5 Å². The summed E-state index contributed by atoms with van der Waals surface area (Å²) in [4.78, 5) is 15.3. The Morgan fingerprint density at radius 3 is 2.73 bits per heavy atom. The highest BCUT2D eigenvalue weighted by Gasteiger charge is 2.41. The summed E-state index contributed by atoms with van der Waals surface area (Å²) in [6.07, 6.45) is 3.47. The topological polar surface area (TPSA) is 89.8 Å². The highest BCUT2D eigenvalue weighted by Crippen LogP contribution is 2.40. The second kappa shape index (κ2) is 9.04. The molecule has 2 aromatic heterocycles. The quantitative estimate of drug-likeness (QED) is 0.423. The maximum absolute atomic E-state index is 16.3. The van der Waals surface area contributed by atoms with E-state index in [-0.39, 0.29) is 28.5 Å². The maximum atomic E-state index is 16.3. The smallest absolute Gasteiger partial charge is 0.318 e. The van der Waals surface area contributed by atoms with Crippen LogP contribution in [0.3, 0.4) is 0 Å². The fourth-order valence-corrected chi connectivity index (χ4v) is 5.48. The van der Waals surface area contributed by atoms with Gasteiger partial charge in [-0.25, -0.2) is 8.78 Å². The first-order chi connectivity index (χ1) is 17.9. The van der Waals surface area contributed by atoms with Gasteiger partial charge in [-0.2, -0.15) is 9.97 Å². The number of methoxy groups -OCH3 is 1. The second-order valence-electron chi connectivity index (χ2n) is 9.32. The van der Waals surface area contributed by atoms with E-state index < -0.39 is 17.4 Å². The lowest BCUT2D eigenvalue weighted by Gasteiger charge is -2.39. The van der Waals surface area contributed by atoms with Gasteiger partial charge in [0.05, 0.1) is 32.3 Å². The van der Waals surface area contributed by atoms with Crippen LogP contribution in [0.15, 0.2) is 30.5 Å². The van der Waals surface area contributed by atoms with Crippen molar-refractivity contribution in [1.82, 2.24) is 15.0 Å². The van der Waals surface area contributed by atoms with Crippen molar-refractivity contribution in [3.05, 3.63) is 47.7 Å². The number of phenols is 1.